The summed E-state index contributed by atoms with van der Waals surface area (Å²) in [6.07, 6.45) is 0. The number of benzene rings is 1. The van der Waals surface area contributed by atoms with E-state index in [-0.39, 0.29) is 5.91 Å². The van der Waals surface area contributed by atoms with Gasteiger partial charge in [-0.15, -0.1) is 0 Å². The van der Waals surface area contributed by atoms with Crippen LogP contribution in [0.25, 0.3) is 0 Å². The predicted molar refractivity (Wildman–Crippen MR) is 61.8 cm³/mol. The summed E-state index contributed by atoms with van der Waals surface area (Å²) in [6.45, 7) is 4.38. The summed E-state index contributed by atoms with van der Waals surface area (Å²) < 4.78 is 0. The molecule has 80 valence electrons. The maximum absolute atomic E-state index is 11.8. The van der Waals surface area contributed by atoms with E-state index in [0.29, 0.717) is 12.2 Å². The van der Waals surface area contributed by atoms with Gasteiger partial charge in [0.2, 0.25) is 5.91 Å². The lowest BCUT2D eigenvalue weighted by atomic mass is 9.93. The van der Waals surface area contributed by atoms with Crippen molar-refractivity contribution in [3.05, 3.63) is 18.2 Å². The lowest BCUT2D eigenvalue weighted by Gasteiger charge is -2.19. The minimum Gasteiger partial charge on any atom is -0.397 e. The topological polar surface area (TPSA) is 67.2 Å². The number of nitrogen functional groups attached to an aromatic ring is 1. The molecule has 4 nitrogen and oxygen atoms in total. The molecule has 1 amide bonds. The number of amides is 1. The van der Waals surface area contributed by atoms with Gasteiger partial charge in [-0.25, -0.2) is 0 Å². The highest BCUT2D eigenvalue weighted by Gasteiger charge is 2.31. The quantitative estimate of drug-likeness (QED) is 0.564. The number of carbonyl (C=O) groups excluding carboxylic acids is 1. The van der Waals surface area contributed by atoms with Crippen LogP contribution in [0.4, 0.5) is 17.1 Å². The van der Waals surface area contributed by atoms with Gasteiger partial charge in [-0.2, -0.15) is 0 Å². The van der Waals surface area contributed by atoms with Crippen LogP contribution in [0.5, 0.6) is 0 Å². The largest absolute Gasteiger partial charge is 0.397 e. The number of para-hydroxylation sites is 1. The summed E-state index contributed by atoms with van der Waals surface area (Å²) >= 11 is 0. The molecule has 0 fully saturated rings. The minimum absolute atomic E-state index is 0.0133. The van der Waals surface area contributed by atoms with E-state index >= 15 is 0 Å². The molecule has 0 saturated heterocycles. The van der Waals surface area contributed by atoms with Crippen molar-refractivity contribution in [3.63, 3.8) is 0 Å². The standard InChI is InChI=1S/C11H15N3O/c1-11(2)6-13-9-7(12)4-3-5-8(9)14-10(11)15/h3-5,13H,6,12H2,1-2H3,(H,14,15). The van der Waals surface area contributed by atoms with Gasteiger partial charge in [0, 0.05) is 6.54 Å². The third kappa shape index (κ3) is 1.63. The second kappa shape index (κ2) is 3.15. The summed E-state index contributed by atoms with van der Waals surface area (Å²) in [5, 5.41) is 6.08. The van der Waals surface area contributed by atoms with E-state index in [2.05, 4.69) is 10.6 Å². The molecule has 1 heterocycles. The Kier molecular flexibility index (Phi) is 2.07. The third-order valence-electron chi connectivity index (χ3n) is 2.67. The first-order chi connectivity index (χ1) is 7.00. The molecule has 0 spiro atoms. The van der Waals surface area contributed by atoms with E-state index in [0.717, 1.165) is 11.4 Å². The first-order valence-corrected chi connectivity index (χ1v) is 4.94. The normalized spacial score (nSPS) is 18.4. The number of nitrogens with two attached hydrogens (primary N) is 1. The molecule has 1 aliphatic rings. The van der Waals surface area contributed by atoms with E-state index in [4.69, 9.17) is 5.73 Å². The van der Waals surface area contributed by atoms with E-state index < -0.39 is 5.41 Å². The van der Waals surface area contributed by atoms with E-state index in [1.54, 1.807) is 0 Å². The van der Waals surface area contributed by atoms with Crippen molar-refractivity contribution >= 4 is 23.0 Å². The molecule has 1 aromatic rings. The smallest absolute Gasteiger partial charge is 0.231 e. The van der Waals surface area contributed by atoms with Crippen LogP contribution in [-0.2, 0) is 4.79 Å². The highest BCUT2D eigenvalue weighted by molar-refractivity contribution is 6.01. The highest BCUT2D eigenvalue weighted by Crippen LogP contribution is 2.33. The van der Waals surface area contributed by atoms with E-state index in [1.807, 2.05) is 32.0 Å². The highest BCUT2D eigenvalue weighted by atomic mass is 16.2. The van der Waals surface area contributed by atoms with Crippen molar-refractivity contribution in [2.75, 3.05) is 22.9 Å². The first-order valence-electron chi connectivity index (χ1n) is 4.94. The van der Waals surface area contributed by atoms with Crippen LogP contribution in [0.15, 0.2) is 18.2 Å². The second-order valence-corrected chi connectivity index (χ2v) is 4.46. The van der Waals surface area contributed by atoms with Crippen LogP contribution in [-0.4, -0.2) is 12.5 Å². The zero-order valence-electron chi connectivity index (χ0n) is 8.92. The Bertz CT molecular complexity index is 412. The Hall–Kier alpha value is -1.71. The van der Waals surface area contributed by atoms with Gasteiger partial charge < -0.3 is 16.4 Å². The summed E-state index contributed by atoms with van der Waals surface area (Å²) in [7, 11) is 0. The Balaban J connectivity index is 2.44. The summed E-state index contributed by atoms with van der Waals surface area (Å²) in [5.41, 5.74) is 7.64. The number of rotatable bonds is 0. The SMILES string of the molecule is CC1(C)CNc2c(N)cccc2NC1=O. The number of fused-ring (bicyclic) bond motifs is 1. The number of carbonyl (C=O) groups is 1. The van der Waals surface area contributed by atoms with Crippen LogP contribution in [0.3, 0.4) is 0 Å². The van der Waals surface area contributed by atoms with Crippen molar-refractivity contribution in [2.24, 2.45) is 5.41 Å². The van der Waals surface area contributed by atoms with Crippen molar-refractivity contribution in [3.8, 4) is 0 Å². The zero-order chi connectivity index (χ0) is 11.1. The monoisotopic (exact) mass is 205 g/mol. The molecule has 0 radical (unpaired) electrons. The maximum Gasteiger partial charge on any atom is 0.231 e. The Labute approximate surface area is 88.9 Å². The Morgan fingerprint density at radius 3 is 2.87 bits per heavy atom. The van der Waals surface area contributed by atoms with Gasteiger partial charge in [0.1, 0.15) is 0 Å². The van der Waals surface area contributed by atoms with Gasteiger partial charge in [0.05, 0.1) is 22.5 Å². The lowest BCUT2D eigenvalue weighted by molar-refractivity contribution is -0.123. The van der Waals surface area contributed by atoms with Gasteiger partial charge in [-0.05, 0) is 26.0 Å². The number of nitrogens with one attached hydrogen (secondary N) is 2. The Morgan fingerprint density at radius 2 is 2.13 bits per heavy atom. The van der Waals surface area contributed by atoms with Crippen molar-refractivity contribution < 1.29 is 4.79 Å². The number of hydrogen-bond acceptors (Lipinski definition) is 3. The molecule has 4 N–H and O–H groups in total. The van der Waals surface area contributed by atoms with Crippen molar-refractivity contribution in [1.29, 1.82) is 0 Å². The van der Waals surface area contributed by atoms with Crippen molar-refractivity contribution in [2.45, 2.75) is 13.8 Å². The van der Waals surface area contributed by atoms with Gasteiger partial charge >= 0.3 is 0 Å². The fourth-order valence-corrected chi connectivity index (χ4v) is 1.55. The molecule has 0 aromatic heterocycles. The number of anilines is 3. The predicted octanol–water partition coefficient (Wildman–Crippen LogP) is 1.66. The molecule has 0 atom stereocenters. The summed E-state index contributed by atoms with van der Waals surface area (Å²) in [4.78, 5) is 11.8. The molecular formula is C11H15N3O. The zero-order valence-corrected chi connectivity index (χ0v) is 8.92. The molecular weight excluding hydrogens is 190 g/mol. The first kappa shape index (κ1) is 9.83. The average molecular weight is 205 g/mol. The molecule has 0 unspecified atom stereocenters. The molecule has 15 heavy (non-hydrogen) atoms. The van der Waals surface area contributed by atoms with Crippen LogP contribution < -0.4 is 16.4 Å². The molecule has 1 aliphatic heterocycles. The molecule has 0 aliphatic carbocycles. The molecule has 2 rings (SSSR count). The van der Waals surface area contributed by atoms with Crippen LogP contribution in [0, 0.1) is 5.41 Å². The lowest BCUT2D eigenvalue weighted by Crippen LogP contribution is -2.34. The van der Waals surface area contributed by atoms with Gasteiger partial charge in [-0.1, -0.05) is 6.07 Å². The van der Waals surface area contributed by atoms with E-state index in [1.165, 1.54) is 0 Å². The van der Waals surface area contributed by atoms with Crippen LogP contribution in [0.2, 0.25) is 0 Å². The molecule has 1 aromatic carbocycles. The number of hydrogen-bond donors (Lipinski definition) is 3. The van der Waals surface area contributed by atoms with Gasteiger partial charge in [0.15, 0.2) is 0 Å². The van der Waals surface area contributed by atoms with E-state index in [9.17, 15) is 4.79 Å². The fourth-order valence-electron chi connectivity index (χ4n) is 1.55. The summed E-state index contributed by atoms with van der Waals surface area (Å²) in [6, 6.07) is 5.49. The van der Waals surface area contributed by atoms with Crippen LogP contribution in [0.1, 0.15) is 13.8 Å². The van der Waals surface area contributed by atoms with Crippen molar-refractivity contribution in [1.82, 2.24) is 0 Å². The third-order valence-corrected chi connectivity index (χ3v) is 2.67. The van der Waals surface area contributed by atoms with Gasteiger partial charge in [-0.3, -0.25) is 4.79 Å². The van der Waals surface area contributed by atoms with Crippen LogP contribution >= 0.6 is 0 Å². The summed E-state index contributed by atoms with van der Waals surface area (Å²) in [5.74, 6) is 0.0133. The van der Waals surface area contributed by atoms with Gasteiger partial charge in [0.25, 0.3) is 0 Å². The molecule has 0 saturated carbocycles. The molecule has 4 heteroatoms. The maximum atomic E-state index is 11.8. The second-order valence-electron chi connectivity index (χ2n) is 4.46. The Morgan fingerprint density at radius 1 is 1.40 bits per heavy atom. The average Bonchev–Trinajstić information content (AvgIpc) is 2.26. The molecule has 0 bridgehead atoms. The minimum atomic E-state index is -0.425. The fraction of sp³-hybridized carbons (Fsp3) is 0.364.